The van der Waals surface area contributed by atoms with Gasteiger partial charge >= 0.3 is 0 Å². The summed E-state index contributed by atoms with van der Waals surface area (Å²) in [5.74, 6) is 3.57. The molecule has 2 heterocycles. The van der Waals surface area contributed by atoms with Crippen molar-refractivity contribution in [3.05, 3.63) is 53.7 Å². The fourth-order valence-corrected chi connectivity index (χ4v) is 4.53. The fourth-order valence-electron chi connectivity index (χ4n) is 4.53. The van der Waals surface area contributed by atoms with Crippen molar-refractivity contribution in [1.29, 1.82) is 0 Å². The Labute approximate surface area is 224 Å². The van der Waals surface area contributed by atoms with Gasteiger partial charge in [0.2, 0.25) is 5.95 Å². The number of aromatic nitrogens is 2. The minimum absolute atomic E-state index is 0.165. The second-order valence-electron chi connectivity index (χ2n) is 9.80. The molecule has 0 bridgehead atoms. The minimum atomic E-state index is 0.165. The van der Waals surface area contributed by atoms with Crippen LogP contribution in [-0.4, -0.2) is 67.5 Å². The van der Waals surface area contributed by atoms with E-state index in [9.17, 15) is 0 Å². The van der Waals surface area contributed by atoms with E-state index in [2.05, 4.69) is 33.1 Å². The molecular formula is C29H37N5O4. The van der Waals surface area contributed by atoms with Crippen LogP contribution in [0.25, 0.3) is 11.1 Å². The number of benzene rings is 2. The summed E-state index contributed by atoms with van der Waals surface area (Å²) in [4.78, 5) is 10.6. The summed E-state index contributed by atoms with van der Waals surface area (Å²) >= 11 is 0. The Morgan fingerprint density at radius 1 is 1.00 bits per heavy atom. The van der Waals surface area contributed by atoms with Gasteiger partial charge in [-0.25, -0.2) is 4.98 Å². The van der Waals surface area contributed by atoms with Gasteiger partial charge in [0.15, 0.2) is 0 Å². The normalized spacial score (nSPS) is 15.8. The predicted octanol–water partition coefficient (Wildman–Crippen LogP) is 3.80. The first kappa shape index (κ1) is 26.1. The number of hydrogen-bond donors (Lipinski definition) is 2. The number of hydrogen-bond acceptors (Lipinski definition) is 9. The molecule has 3 aromatic rings. The first-order chi connectivity index (χ1) is 18.6. The highest BCUT2D eigenvalue weighted by atomic mass is 16.5. The van der Waals surface area contributed by atoms with Gasteiger partial charge in [-0.3, -0.25) is 4.90 Å². The molecule has 4 N–H and O–H groups in total. The Hall–Kier alpha value is -3.56. The lowest BCUT2D eigenvalue weighted by Gasteiger charge is -2.26. The van der Waals surface area contributed by atoms with Gasteiger partial charge in [-0.1, -0.05) is 12.1 Å². The summed E-state index contributed by atoms with van der Waals surface area (Å²) in [6.45, 7) is 8.25. The van der Waals surface area contributed by atoms with E-state index in [1.807, 2.05) is 25.1 Å². The Bertz CT molecular complexity index is 1210. The number of nitrogen functional groups attached to an aromatic ring is 2. The monoisotopic (exact) mass is 519 g/mol. The third-order valence-electron chi connectivity index (χ3n) is 6.83. The minimum Gasteiger partial charge on any atom is -0.493 e. The molecule has 0 radical (unpaired) electrons. The number of ether oxygens (including phenoxy) is 4. The Morgan fingerprint density at radius 3 is 2.42 bits per heavy atom. The van der Waals surface area contributed by atoms with E-state index in [4.69, 9.17) is 30.4 Å². The lowest BCUT2D eigenvalue weighted by atomic mass is 9.98. The summed E-state index contributed by atoms with van der Waals surface area (Å²) in [6, 6.07) is 12.3. The Morgan fingerprint density at radius 2 is 1.74 bits per heavy atom. The van der Waals surface area contributed by atoms with Gasteiger partial charge in [0, 0.05) is 37.8 Å². The SMILES string of the molecule is CCOc1cc(Cc2cnc(N)nc2N)cc(OCC2CC2)c1-c1ccc(OCCN2CCOCC2)cc1. The molecule has 38 heavy (non-hydrogen) atoms. The van der Waals surface area contributed by atoms with Gasteiger partial charge in [0.25, 0.3) is 0 Å². The lowest BCUT2D eigenvalue weighted by molar-refractivity contribution is 0.0322. The summed E-state index contributed by atoms with van der Waals surface area (Å²) in [5, 5.41) is 0. The van der Waals surface area contributed by atoms with E-state index in [0.717, 1.165) is 72.4 Å². The van der Waals surface area contributed by atoms with Crippen LogP contribution < -0.4 is 25.7 Å². The van der Waals surface area contributed by atoms with Crippen LogP contribution in [0.1, 0.15) is 30.9 Å². The first-order valence-electron chi connectivity index (χ1n) is 13.4. The number of morpholine rings is 1. The van der Waals surface area contributed by atoms with Crippen LogP contribution in [-0.2, 0) is 11.2 Å². The molecule has 1 aliphatic carbocycles. The summed E-state index contributed by atoms with van der Waals surface area (Å²) in [6.07, 6.45) is 4.64. The standard InChI is InChI=1S/C29H37N5O4/c1-2-36-25-16-21(15-23-18-32-29(31)33-28(23)30)17-26(38-19-20-3-4-20)27(25)22-5-7-24(8-6-22)37-14-11-34-9-12-35-13-10-34/h5-8,16-18,20H,2-4,9-15,19H2,1H3,(H4,30,31,32,33). The van der Waals surface area contributed by atoms with Crippen molar-refractivity contribution in [3.63, 3.8) is 0 Å². The van der Waals surface area contributed by atoms with Crippen molar-refractivity contribution >= 4 is 11.8 Å². The maximum atomic E-state index is 6.38. The highest BCUT2D eigenvalue weighted by Crippen LogP contribution is 2.42. The second kappa shape index (κ2) is 12.3. The molecule has 1 aliphatic heterocycles. The van der Waals surface area contributed by atoms with Crippen molar-refractivity contribution in [3.8, 4) is 28.4 Å². The average molecular weight is 520 g/mol. The summed E-state index contributed by atoms with van der Waals surface area (Å²) in [7, 11) is 0. The molecule has 0 atom stereocenters. The molecule has 9 nitrogen and oxygen atoms in total. The van der Waals surface area contributed by atoms with Crippen molar-refractivity contribution in [2.45, 2.75) is 26.2 Å². The zero-order valence-electron chi connectivity index (χ0n) is 22.0. The molecule has 5 rings (SSSR count). The van der Waals surface area contributed by atoms with Gasteiger partial charge < -0.3 is 30.4 Å². The van der Waals surface area contributed by atoms with Gasteiger partial charge in [0.1, 0.15) is 29.7 Å². The zero-order chi connectivity index (χ0) is 26.3. The van der Waals surface area contributed by atoms with E-state index in [1.54, 1.807) is 6.20 Å². The smallest absolute Gasteiger partial charge is 0.221 e. The lowest BCUT2D eigenvalue weighted by Crippen LogP contribution is -2.38. The quantitative estimate of drug-likeness (QED) is 0.368. The Balaban J connectivity index is 1.37. The summed E-state index contributed by atoms with van der Waals surface area (Å²) in [5.41, 5.74) is 15.6. The van der Waals surface area contributed by atoms with E-state index < -0.39 is 0 Å². The third kappa shape index (κ3) is 6.85. The highest BCUT2D eigenvalue weighted by Gasteiger charge is 2.24. The first-order valence-corrected chi connectivity index (χ1v) is 13.4. The number of anilines is 2. The van der Waals surface area contributed by atoms with Crippen LogP contribution in [0.15, 0.2) is 42.6 Å². The van der Waals surface area contributed by atoms with E-state index in [-0.39, 0.29) is 5.95 Å². The zero-order valence-corrected chi connectivity index (χ0v) is 22.0. The van der Waals surface area contributed by atoms with E-state index in [0.29, 0.717) is 38.0 Å². The highest BCUT2D eigenvalue weighted by molar-refractivity contribution is 5.78. The average Bonchev–Trinajstić information content (AvgIpc) is 3.75. The number of nitrogens with two attached hydrogens (primary N) is 2. The van der Waals surface area contributed by atoms with Crippen LogP contribution in [0.4, 0.5) is 11.8 Å². The van der Waals surface area contributed by atoms with Crippen LogP contribution in [0.5, 0.6) is 17.2 Å². The fraction of sp³-hybridized carbons (Fsp3) is 0.448. The van der Waals surface area contributed by atoms with Crippen molar-refractivity contribution in [2.75, 3.05) is 64.1 Å². The molecule has 1 saturated carbocycles. The van der Waals surface area contributed by atoms with Gasteiger partial charge in [-0.15, -0.1) is 0 Å². The van der Waals surface area contributed by atoms with Gasteiger partial charge in [-0.2, -0.15) is 4.98 Å². The van der Waals surface area contributed by atoms with E-state index >= 15 is 0 Å². The second-order valence-corrected chi connectivity index (χ2v) is 9.80. The predicted molar refractivity (Wildman–Crippen MR) is 148 cm³/mol. The van der Waals surface area contributed by atoms with E-state index in [1.165, 1.54) is 12.8 Å². The molecule has 1 saturated heterocycles. The summed E-state index contributed by atoms with van der Waals surface area (Å²) < 4.78 is 24.0. The van der Waals surface area contributed by atoms with Gasteiger partial charge in [-0.05, 0) is 61.1 Å². The molecule has 0 amide bonds. The van der Waals surface area contributed by atoms with Crippen molar-refractivity contribution < 1.29 is 18.9 Å². The molecule has 2 aliphatic rings. The van der Waals surface area contributed by atoms with Crippen molar-refractivity contribution in [1.82, 2.24) is 14.9 Å². The molecule has 0 unspecified atom stereocenters. The molecule has 202 valence electrons. The largest absolute Gasteiger partial charge is 0.493 e. The van der Waals surface area contributed by atoms with Gasteiger partial charge in [0.05, 0.1) is 32.0 Å². The molecule has 2 fully saturated rings. The maximum Gasteiger partial charge on any atom is 0.221 e. The van der Waals surface area contributed by atoms with Crippen LogP contribution in [0, 0.1) is 5.92 Å². The number of rotatable bonds is 12. The molecule has 9 heteroatoms. The topological polar surface area (TPSA) is 118 Å². The van der Waals surface area contributed by atoms with Crippen LogP contribution in [0.3, 0.4) is 0 Å². The molecule has 0 spiro atoms. The van der Waals surface area contributed by atoms with Crippen LogP contribution >= 0.6 is 0 Å². The van der Waals surface area contributed by atoms with Crippen molar-refractivity contribution in [2.24, 2.45) is 5.92 Å². The Kier molecular flexibility index (Phi) is 8.45. The number of nitrogens with zero attached hydrogens (tertiary/aromatic N) is 3. The molecule has 1 aromatic heterocycles. The van der Waals surface area contributed by atoms with Crippen LogP contribution in [0.2, 0.25) is 0 Å². The molecule has 2 aromatic carbocycles. The maximum absolute atomic E-state index is 6.38. The third-order valence-corrected chi connectivity index (χ3v) is 6.83. The molecular weight excluding hydrogens is 482 g/mol.